The number of ether oxygens (including phenoxy) is 2. The van der Waals surface area contributed by atoms with E-state index in [4.69, 9.17) is 31.0 Å². The zero-order chi connectivity index (χ0) is 27.2. The van der Waals surface area contributed by atoms with Gasteiger partial charge in [0.15, 0.2) is 0 Å². The van der Waals surface area contributed by atoms with E-state index in [9.17, 15) is 17.6 Å². The van der Waals surface area contributed by atoms with Crippen LogP contribution in [0, 0.1) is 5.82 Å². The highest BCUT2D eigenvalue weighted by molar-refractivity contribution is 6.31. The van der Waals surface area contributed by atoms with E-state index in [0.717, 1.165) is 48.0 Å². The van der Waals surface area contributed by atoms with E-state index in [2.05, 4.69) is 22.1 Å². The maximum Gasteiger partial charge on any atom is 0.490 e. The Morgan fingerprint density at radius 2 is 1.86 bits per heavy atom. The fraction of sp³-hybridized carbons (Fsp3) is 0.440. The molecule has 0 bridgehead atoms. The Labute approximate surface area is 216 Å². The average Bonchev–Trinajstić information content (AvgIpc) is 3.31. The number of carboxylic acids is 1. The molecular formula is C25H28ClF4N3O4. The van der Waals surface area contributed by atoms with Gasteiger partial charge in [0.25, 0.3) is 0 Å². The summed E-state index contributed by atoms with van der Waals surface area (Å²) in [6.07, 6.45) is -1.73. The van der Waals surface area contributed by atoms with Crippen LogP contribution < -0.4 is 0 Å². The molecule has 4 rings (SSSR count). The third-order valence-corrected chi connectivity index (χ3v) is 6.63. The fourth-order valence-electron chi connectivity index (χ4n) is 4.31. The van der Waals surface area contributed by atoms with Gasteiger partial charge in [0.1, 0.15) is 11.9 Å². The molecule has 1 unspecified atom stereocenters. The van der Waals surface area contributed by atoms with Crippen LogP contribution >= 0.6 is 11.6 Å². The molecule has 2 heterocycles. The van der Waals surface area contributed by atoms with Gasteiger partial charge in [-0.2, -0.15) is 18.3 Å². The number of nitrogens with one attached hydrogen (secondary N) is 1. The van der Waals surface area contributed by atoms with Gasteiger partial charge in [0, 0.05) is 28.5 Å². The molecule has 7 nitrogen and oxygen atoms in total. The molecule has 1 aliphatic rings. The van der Waals surface area contributed by atoms with Gasteiger partial charge in [0.05, 0.1) is 24.9 Å². The zero-order valence-corrected chi connectivity index (χ0v) is 21.1. The van der Waals surface area contributed by atoms with Crippen molar-refractivity contribution in [3.63, 3.8) is 0 Å². The maximum absolute atomic E-state index is 13.6. The van der Waals surface area contributed by atoms with Crippen molar-refractivity contribution in [2.45, 2.75) is 30.5 Å². The molecule has 12 heteroatoms. The maximum atomic E-state index is 13.6. The van der Waals surface area contributed by atoms with Gasteiger partial charge in [0.2, 0.25) is 0 Å². The number of carboxylic acid groups (broad SMARTS) is 1. The van der Waals surface area contributed by atoms with E-state index >= 15 is 0 Å². The number of fused-ring (bicyclic) bond motifs is 1. The Kier molecular flexibility index (Phi) is 9.51. The highest BCUT2D eigenvalue weighted by Crippen LogP contribution is 2.38. The monoisotopic (exact) mass is 545 g/mol. The van der Waals surface area contributed by atoms with E-state index in [0.29, 0.717) is 18.2 Å². The second-order valence-corrected chi connectivity index (χ2v) is 9.41. The Bertz CT molecular complexity index is 1180. The fourth-order valence-corrected chi connectivity index (χ4v) is 4.54. The summed E-state index contributed by atoms with van der Waals surface area (Å²) < 4.78 is 57.3. The lowest BCUT2D eigenvalue weighted by Crippen LogP contribution is -2.44. The van der Waals surface area contributed by atoms with Crippen molar-refractivity contribution in [2.24, 2.45) is 0 Å². The third kappa shape index (κ3) is 7.41. The van der Waals surface area contributed by atoms with Crippen LogP contribution in [0.25, 0.3) is 10.9 Å². The number of likely N-dealkylation sites (tertiary alicyclic amines) is 1. The Balaban J connectivity index is 0.000000479. The van der Waals surface area contributed by atoms with Crippen LogP contribution in [0.4, 0.5) is 17.6 Å². The number of alkyl halides is 3. The lowest BCUT2D eigenvalue weighted by Gasteiger charge is -2.41. The number of aliphatic carboxylic acids is 1. The number of halogens is 5. The van der Waals surface area contributed by atoms with Crippen molar-refractivity contribution >= 4 is 28.5 Å². The molecule has 3 aromatic rings. The number of piperidine rings is 1. The van der Waals surface area contributed by atoms with E-state index in [1.165, 1.54) is 12.1 Å². The highest BCUT2D eigenvalue weighted by Gasteiger charge is 2.38. The summed E-state index contributed by atoms with van der Waals surface area (Å²) in [6.45, 7) is 2.85. The molecule has 2 N–H and O–H groups in total. The lowest BCUT2D eigenvalue weighted by molar-refractivity contribution is -0.192. The van der Waals surface area contributed by atoms with E-state index in [1.807, 2.05) is 24.3 Å². The second kappa shape index (κ2) is 12.2. The topological polar surface area (TPSA) is 87.7 Å². The van der Waals surface area contributed by atoms with Gasteiger partial charge in [-0.3, -0.25) is 5.10 Å². The molecule has 0 amide bonds. The number of benzene rings is 2. The smallest absolute Gasteiger partial charge is 0.475 e. The molecule has 202 valence electrons. The van der Waals surface area contributed by atoms with Crippen molar-refractivity contribution < 1.29 is 36.9 Å². The number of H-pyrrole nitrogens is 1. The van der Waals surface area contributed by atoms with Gasteiger partial charge >= 0.3 is 12.1 Å². The molecule has 0 spiro atoms. The lowest BCUT2D eigenvalue weighted by atomic mass is 9.73. The SMILES string of the molecule is COCC(OCC1(c2ccc(F)cc2)CCN(C)CC1)c1cc(Cl)cc2cn[nH]c12.O=C(O)C(F)(F)F. The molecule has 1 aromatic heterocycles. The number of rotatable bonds is 7. The number of hydrogen-bond acceptors (Lipinski definition) is 5. The second-order valence-electron chi connectivity index (χ2n) is 8.98. The van der Waals surface area contributed by atoms with Crippen LogP contribution in [0.2, 0.25) is 5.02 Å². The summed E-state index contributed by atoms with van der Waals surface area (Å²) in [5, 5.41) is 15.9. The van der Waals surface area contributed by atoms with E-state index in [1.54, 1.807) is 13.3 Å². The summed E-state index contributed by atoms with van der Waals surface area (Å²) >= 11 is 6.35. The number of hydrogen-bond donors (Lipinski definition) is 2. The average molecular weight is 546 g/mol. The minimum Gasteiger partial charge on any atom is -0.475 e. The molecule has 0 saturated carbocycles. The van der Waals surface area contributed by atoms with Crippen LogP contribution in [0.15, 0.2) is 42.6 Å². The van der Waals surface area contributed by atoms with Gasteiger partial charge in [-0.15, -0.1) is 0 Å². The first kappa shape index (κ1) is 28.8. The predicted molar refractivity (Wildman–Crippen MR) is 130 cm³/mol. The van der Waals surface area contributed by atoms with E-state index in [-0.39, 0.29) is 17.3 Å². The van der Waals surface area contributed by atoms with Crippen molar-refractivity contribution in [2.75, 3.05) is 40.5 Å². The first-order chi connectivity index (χ1) is 17.4. The summed E-state index contributed by atoms with van der Waals surface area (Å²) in [5.41, 5.74) is 2.78. The Morgan fingerprint density at radius 1 is 1.24 bits per heavy atom. The molecule has 37 heavy (non-hydrogen) atoms. The first-order valence-electron chi connectivity index (χ1n) is 11.4. The molecule has 0 aliphatic carbocycles. The largest absolute Gasteiger partial charge is 0.490 e. The minimum absolute atomic E-state index is 0.169. The summed E-state index contributed by atoms with van der Waals surface area (Å²) in [5.74, 6) is -2.98. The van der Waals surface area contributed by atoms with Crippen LogP contribution in [-0.2, 0) is 19.7 Å². The highest BCUT2D eigenvalue weighted by atomic mass is 35.5. The van der Waals surface area contributed by atoms with Crippen LogP contribution in [0.3, 0.4) is 0 Å². The molecule has 1 atom stereocenters. The Morgan fingerprint density at radius 3 is 2.43 bits per heavy atom. The summed E-state index contributed by atoms with van der Waals surface area (Å²) in [6, 6.07) is 10.6. The number of methoxy groups -OCH3 is 1. The van der Waals surface area contributed by atoms with Crippen molar-refractivity contribution in [1.29, 1.82) is 0 Å². The predicted octanol–water partition coefficient (Wildman–Crippen LogP) is 5.36. The first-order valence-corrected chi connectivity index (χ1v) is 11.8. The van der Waals surface area contributed by atoms with Crippen molar-refractivity contribution in [3.8, 4) is 0 Å². The normalized spacial score (nSPS) is 16.7. The summed E-state index contributed by atoms with van der Waals surface area (Å²) in [4.78, 5) is 11.2. The van der Waals surface area contributed by atoms with Gasteiger partial charge in [-0.05, 0) is 62.8 Å². The zero-order valence-electron chi connectivity index (χ0n) is 20.3. The van der Waals surface area contributed by atoms with Crippen LogP contribution in [-0.4, -0.2) is 72.8 Å². The van der Waals surface area contributed by atoms with Gasteiger partial charge in [-0.1, -0.05) is 23.7 Å². The third-order valence-electron chi connectivity index (χ3n) is 6.41. The van der Waals surface area contributed by atoms with Gasteiger partial charge < -0.3 is 19.5 Å². The Hall–Kier alpha value is -2.73. The number of aromatic amines is 1. The van der Waals surface area contributed by atoms with Crippen molar-refractivity contribution in [3.05, 3.63) is 64.6 Å². The van der Waals surface area contributed by atoms with Crippen LogP contribution in [0.5, 0.6) is 0 Å². The molecule has 1 aliphatic heterocycles. The van der Waals surface area contributed by atoms with Crippen molar-refractivity contribution in [1.82, 2.24) is 15.1 Å². The quantitative estimate of drug-likeness (QED) is 0.389. The molecule has 1 fully saturated rings. The number of carbonyl (C=O) groups is 1. The molecule has 0 radical (unpaired) electrons. The van der Waals surface area contributed by atoms with E-state index < -0.39 is 12.1 Å². The molecule has 1 saturated heterocycles. The van der Waals surface area contributed by atoms with Crippen LogP contribution in [0.1, 0.15) is 30.1 Å². The van der Waals surface area contributed by atoms with Gasteiger partial charge in [-0.25, -0.2) is 9.18 Å². The molecular weight excluding hydrogens is 518 g/mol. The standard InChI is InChI=1S/C23H27ClFN3O2.C2HF3O2/c1-28-9-7-23(8-10-28,17-3-5-19(25)6-4-17)15-30-21(14-29-2)20-12-18(24)11-16-13-26-27-22(16)20;3-2(4,5)1(6)7/h3-6,11-13,21H,7-10,14-15H2,1-2H3,(H,26,27);(H,6,7). The summed E-state index contributed by atoms with van der Waals surface area (Å²) in [7, 11) is 3.79. The minimum atomic E-state index is -5.08. The number of aromatic nitrogens is 2. The number of nitrogens with zero attached hydrogens (tertiary/aromatic N) is 2. The molecule has 2 aromatic carbocycles.